The van der Waals surface area contributed by atoms with Gasteiger partial charge in [0, 0.05) is 30.8 Å². The van der Waals surface area contributed by atoms with E-state index >= 15 is 0 Å². The first-order valence-corrected chi connectivity index (χ1v) is 18.8. The molecule has 0 heterocycles. The maximum atomic E-state index is 11.8. The van der Waals surface area contributed by atoms with Crippen molar-refractivity contribution in [3.8, 4) is 5.75 Å². The van der Waals surface area contributed by atoms with Crippen molar-refractivity contribution in [2.24, 2.45) is 0 Å². The van der Waals surface area contributed by atoms with Crippen molar-refractivity contribution in [1.82, 2.24) is 0 Å². The molecule has 0 bridgehead atoms. The highest BCUT2D eigenvalue weighted by molar-refractivity contribution is 5.62. The van der Waals surface area contributed by atoms with Crippen molar-refractivity contribution in [2.45, 2.75) is 187 Å². The number of nitrogens with zero attached hydrogens (tertiary/aromatic N) is 1. The average Bonchev–Trinajstić information content (AvgIpc) is 3.03. The maximum Gasteiger partial charge on any atom is 0.511 e. The van der Waals surface area contributed by atoms with Crippen molar-refractivity contribution in [3.05, 3.63) is 33.9 Å². The second kappa shape index (κ2) is 29.0. The average molecular weight is 650 g/mol. The molecule has 1 aromatic rings. The van der Waals surface area contributed by atoms with E-state index in [1.165, 1.54) is 147 Å². The van der Waals surface area contributed by atoms with E-state index in [0.29, 0.717) is 18.8 Å². The van der Waals surface area contributed by atoms with E-state index in [0.717, 1.165) is 25.7 Å². The Hall–Kier alpha value is -2.19. The van der Waals surface area contributed by atoms with E-state index in [1.807, 2.05) is 6.92 Å². The number of hydrogen-bond donors (Lipinski definition) is 1. The number of benzene rings is 1. The monoisotopic (exact) mass is 649 g/mol. The zero-order chi connectivity index (χ0) is 33.7. The fourth-order valence-electron chi connectivity index (χ4n) is 6.00. The number of nitro groups is 1. The Morgan fingerprint density at radius 3 is 1.39 bits per heavy atom. The lowest BCUT2D eigenvalue weighted by molar-refractivity contribution is -0.386. The van der Waals surface area contributed by atoms with Gasteiger partial charge < -0.3 is 19.3 Å². The van der Waals surface area contributed by atoms with Crippen LogP contribution in [0.2, 0.25) is 0 Å². The lowest BCUT2D eigenvalue weighted by Crippen LogP contribution is -2.26. The van der Waals surface area contributed by atoms with Crippen LogP contribution in [0, 0.1) is 10.1 Å². The van der Waals surface area contributed by atoms with Crippen LogP contribution < -0.4 is 4.74 Å². The molecule has 8 heteroatoms. The van der Waals surface area contributed by atoms with Gasteiger partial charge in [-0.2, -0.15) is 0 Å². The number of carboxylic acid groups (broad SMARTS) is 1. The van der Waals surface area contributed by atoms with Crippen LogP contribution in [0.25, 0.3) is 0 Å². The summed E-state index contributed by atoms with van der Waals surface area (Å²) < 4.78 is 17.2. The minimum atomic E-state index is -1.46. The van der Waals surface area contributed by atoms with Gasteiger partial charge in [0.25, 0.3) is 5.69 Å². The predicted octanol–water partition coefficient (Wildman–Crippen LogP) is 12.5. The van der Waals surface area contributed by atoms with E-state index in [2.05, 4.69) is 13.8 Å². The zero-order valence-electron chi connectivity index (χ0n) is 29.6. The third kappa shape index (κ3) is 21.6. The first kappa shape index (κ1) is 41.8. The van der Waals surface area contributed by atoms with Gasteiger partial charge in [0.1, 0.15) is 5.75 Å². The molecule has 1 aromatic carbocycles. The second-order valence-corrected chi connectivity index (χ2v) is 13.0. The summed E-state index contributed by atoms with van der Waals surface area (Å²) in [4.78, 5) is 22.5. The number of ether oxygens (including phenoxy) is 3. The molecule has 0 aliphatic heterocycles. The van der Waals surface area contributed by atoms with Crippen LogP contribution in [0.3, 0.4) is 0 Å². The van der Waals surface area contributed by atoms with Gasteiger partial charge in [-0.1, -0.05) is 162 Å². The molecule has 0 fully saturated rings. The molecule has 8 nitrogen and oxygen atoms in total. The molecule has 266 valence electrons. The predicted molar refractivity (Wildman–Crippen MR) is 188 cm³/mol. The Morgan fingerprint density at radius 2 is 1.04 bits per heavy atom. The molecule has 0 radical (unpaired) electrons. The summed E-state index contributed by atoms with van der Waals surface area (Å²) in [6.07, 6.45) is 28.1. The van der Waals surface area contributed by atoms with Gasteiger partial charge in [-0.15, -0.1) is 0 Å². The quantitative estimate of drug-likeness (QED) is 0.0206. The molecule has 0 saturated heterocycles. The molecule has 46 heavy (non-hydrogen) atoms. The third-order valence-electron chi connectivity index (χ3n) is 8.86. The highest BCUT2D eigenvalue weighted by atomic mass is 16.7. The Kier molecular flexibility index (Phi) is 26.4. The molecule has 0 amide bonds. The van der Waals surface area contributed by atoms with Crippen LogP contribution in [0.4, 0.5) is 10.5 Å². The Morgan fingerprint density at radius 1 is 0.674 bits per heavy atom. The van der Waals surface area contributed by atoms with E-state index in [1.54, 1.807) is 0 Å². The van der Waals surface area contributed by atoms with Gasteiger partial charge in [0.15, 0.2) is 6.29 Å². The van der Waals surface area contributed by atoms with Crippen LogP contribution in [-0.4, -0.2) is 35.7 Å². The van der Waals surface area contributed by atoms with Gasteiger partial charge in [-0.25, -0.2) is 4.79 Å². The van der Waals surface area contributed by atoms with Gasteiger partial charge in [0.05, 0.1) is 4.92 Å². The molecule has 0 aliphatic carbocycles. The largest absolute Gasteiger partial charge is 0.511 e. The molecular weight excluding hydrogens is 582 g/mol. The Bertz CT molecular complexity index is 864. The zero-order valence-corrected chi connectivity index (χ0v) is 29.6. The third-order valence-corrected chi connectivity index (χ3v) is 8.86. The standard InChI is InChI=1S/C38H67NO7/c1-4-6-8-10-12-14-16-18-20-22-24-26-30-44-37(45-31-27-25-23-21-19-17-15-13-11-9-7-5-2)33(3)35-32-34(46-38(40)41)28-29-36(35)39(42)43/h28-29,32-33,37H,4-27,30-31H2,1-3H3,(H,40,41). The number of rotatable bonds is 32. The van der Waals surface area contributed by atoms with E-state index in [9.17, 15) is 14.9 Å². The van der Waals surface area contributed by atoms with Crippen LogP contribution in [0.5, 0.6) is 5.75 Å². The van der Waals surface area contributed by atoms with E-state index in [4.69, 9.17) is 19.3 Å². The van der Waals surface area contributed by atoms with Crippen molar-refractivity contribution in [1.29, 1.82) is 0 Å². The number of hydrogen-bond acceptors (Lipinski definition) is 6. The van der Waals surface area contributed by atoms with Crippen molar-refractivity contribution in [3.63, 3.8) is 0 Å². The van der Waals surface area contributed by atoms with Crippen LogP contribution in [-0.2, 0) is 9.47 Å². The van der Waals surface area contributed by atoms with Gasteiger partial charge in [-0.05, 0) is 25.0 Å². The van der Waals surface area contributed by atoms with Crippen LogP contribution in [0.1, 0.15) is 186 Å². The number of unbranched alkanes of at least 4 members (excludes halogenated alkanes) is 22. The number of carbonyl (C=O) groups is 1. The first-order chi connectivity index (χ1) is 22.4. The maximum absolute atomic E-state index is 11.8. The molecule has 1 rings (SSSR count). The lowest BCUT2D eigenvalue weighted by Gasteiger charge is -2.25. The topological polar surface area (TPSA) is 108 Å². The normalized spacial score (nSPS) is 12.1. The highest BCUT2D eigenvalue weighted by Crippen LogP contribution is 2.34. The van der Waals surface area contributed by atoms with Crippen molar-refractivity contribution in [2.75, 3.05) is 13.2 Å². The van der Waals surface area contributed by atoms with Gasteiger partial charge >= 0.3 is 6.16 Å². The van der Waals surface area contributed by atoms with Crippen molar-refractivity contribution < 1.29 is 29.0 Å². The summed E-state index contributed by atoms with van der Waals surface area (Å²) >= 11 is 0. The fraction of sp³-hybridized carbons (Fsp3) is 0.816. The highest BCUT2D eigenvalue weighted by Gasteiger charge is 2.28. The minimum absolute atomic E-state index is 0.0422. The number of nitro benzene ring substituents is 1. The SMILES string of the molecule is CCCCCCCCCCCCCCOC(OCCCCCCCCCCCCCC)C(C)c1cc(OC(=O)O)ccc1[N+](=O)[O-]. The fourth-order valence-corrected chi connectivity index (χ4v) is 6.00. The molecular formula is C38H67NO7. The van der Waals surface area contributed by atoms with E-state index < -0.39 is 23.3 Å². The summed E-state index contributed by atoms with van der Waals surface area (Å²) in [5.41, 5.74) is 0.247. The van der Waals surface area contributed by atoms with Crippen LogP contribution >= 0.6 is 0 Å². The first-order valence-electron chi connectivity index (χ1n) is 18.8. The Labute approximate surface area is 280 Å². The lowest BCUT2D eigenvalue weighted by atomic mass is 9.98. The van der Waals surface area contributed by atoms with E-state index in [-0.39, 0.29) is 11.4 Å². The summed E-state index contributed by atoms with van der Waals surface area (Å²) in [6, 6.07) is 4.01. The summed E-state index contributed by atoms with van der Waals surface area (Å²) in [5, 5.41) is 20.9. The minimum Gasteiger partial charge on any atom is -0.449 e. The Balaban J connectivity index is 2.52. The van der Waals surface area contributed by atoms with Crippen molar-refractivity contribution >= 4 is 11.8 Å². The molecule has 0 saturated carbocycles. The molecule has 0 aliphatic rings. The molecule has 0 spiro atoms. The second-order valence-electron chi connectivity index (χ2n) is 13.0. The molecule has 1 atom stereocenters. The molecule has 1 N–H and O–H groups in total. The summed E-state index contributed by atoms with van der Waals surface area (Å²) in [7, 11) is 0. The summed E-state index contributed by atoms with van der Waals surface area (Å²) in [5.74, 6) is -0.437. The molecule has 0 aromatic heterocycles. The van der Waals surface area contributed by atoms with Gasteiger partial charge in [0.2, 0.25) is 0 Å². The van der Waals surface area contributed by atoms with Crippen LogP contribution in [0.15, 0.2) is 18.2 Å². The molecule has 1 unspecified atom stereocenters. The summed E-state index contributed by atoms with van der Waals surface area (Å²) in [6.45, 7) is 7.38. The smallest absolute Gasteiger partial charge is 0.449 e. The van der Waals surface area contributed by atoms with Gasteiger partial charge in [-0.3, -0.25) is 10.1 Å².